The predicted octanol–water partition coefficient (Wildman–Crippen LogP) is 1.92. The van der Waals surface area contributed by atoms with Gasteiger partial charge in [-0.1, -0.05) is 12.1 Å². The van der Waals surface area contributed by atoms with Crippen LogP contribution in [0.1, 0.15) is 25.3 Å². The number of carbonyl (C=O) groups is 2. The van der Waals surface area contributed by atoms with Crippen molar-refractivity contribution < 1.29 is 31.2 Å². The number of nitrogens with zero attached hydrogens (tertiary/aromatic N) is 2. The molecule has 1 aliphatic rings. The number of carbonyl (C=O) groups excluding carboxylic acids is 2. The molecule has 0 bridgehead atoms. The molecule has 1 saturated heterocycles. The van der Waals surface area contributed by atoms with E-state index >= 15 is 0 Å². The van der Waals surface area contributed by atoms with Crippen LogP contribution >= 0.6 is 0 Å². The largest absolute Gasteiger partial charge is 0.418 e. The first-order chi connectivity index (χ1) is 12.9. The number of benzene rings is 1. The van der Waals surface area contributed by atoms with Crippen LogP contribution in [0.5, 0.6) is 0 Å². The number of hydrogen-bond acceptors (Lipinski definition) is 4. The molecule has 1 unspecified atom stereocenters. The normalized spacial score (nSPS) is 18.1. The molecular formula is C17H22F3N3O4S. The molecule has 2 rings (SSSR count). The van der Waals surface area contributed by atoms with Crippen molar-refractivity contribution in [2.45, 2.75) is 32.0 Å². The van der Waals surface area contributed by atoms with E-state index in [2.05, 4.69) is 5.32 Å². The highest BCUT2D eigenvalue weighted by molar-refractivity contribution is 7.88. The van der Waals surface area contributed by atoms with Crippen LogP contribution in [0.15, 0.2) is 24.3 Å². The van der Waals surface area contributed by atoms with Crippen LogP contribution in [-0.4, -0.2) is 61.4 Å². The molecule has 0 saturated carbocycles. The average Bonchev–Trinajstić information content (AvgIpc) is 3.08. The molecule has 0 radical (unpaired) electrons. The fourth-order valence-electron chi connectivity index (χ4n) is 3.14. The van der Waals surface area contributed by atoms with Crippen molar-refractivity contribution in [2.75, 3.05) is 31.2 Å². The Hall–Kier alpha value is -2.14. The maximum atomic E-state index is 13.0. The third-order valence-corrected chi connectivity index (χ3v) is 5.74. The summed E-state index contributed by atoms with van der Waals surface area (Å²) in [7, 11) is -3.58. The third-order valence-electron chi connectivity index (χ3n) is 4.45. The van der Waals surface area contributed by atoms with Gasteiger partial charge in [-0.15, -0.1) is 0 Å². The molecule has 0 aliphatic carbocycles. The molecule has 1 fully saturated rings. The second kappa shape index (κ2) is 8.48. The Balaban J connectivity index is 2.11. The molecule has 1 aromatic carbocycles. The summed E-state index contributed by atoms with van der Waals surface area (Å²) < 4.78 is 63.8. The van der Waals surface area contributed by atoms with E-state index in [1.165, 1.54) is 12.1 Å². The maximum absolute atomic E-state index is 13.0. The van der Waals surface area contributed by atoms with Gasteiger partial charge < -0.3 is 10.2 Å². The lowest BCUT2D eigenvalue weighted by Gasteiger charge is -2.28. The molecule has 1 atom stereocenters. The molecule has 1 aliphatic heterocycles. The molecule has 1 N–H and O–H groups in total. The second-order valence-corrected chi connectivity index (χ2v) is 8.41. The summed E-state index contributed by atoms with van der Waals surface area (Å²) in [6.45, 7) is 1.46. The van der Waals surface area contributed by atoms with E-state index < -0.39 is 51.9 Å². The van der Waals surface area contributed by atoms with Gasteiger partial charge in [-0.25, -0.2) is 8.42 Å². The van der Waals surface area contributed by atoms with Crippen molar-refractivity contribution in [1.82, 2.24) is 9.21 Å². The summed E-state index contributed by atoms with van der Waals surface area (Å²) in [6.07, 6.45) is -2.77. The van der Waals surface area contributed by atoms with Crippen molar-refractivity contribution in [1.29, 1.82) is 0 Å². The highest BCUT2D eigenvalue weighted by Gasteiger charge is 2.39. The number of likely N-dealkylation sites (N-methyl/N-ethyl adjacent to an activating group) is 1. The quantitative estimate of drug-likeness (QED) is 0.760. The van der Waals surface area contributed by atoms with E-state index in [0.717, 1.165) is 27.6 Å². The fraction of sp³-hybridized carbons (Fsp3) is 0.529. The number of anilines is 1. The van der Waals surface area contributed by atoms with Gasteiger partial charge >= 0.3 is 6.18 Å². The van der Waals surface area contributed by atoms with Crippen molar-refractivity contribution in [3.05, 3.63) is 29.8 Å². The molecule has 7 nitrogen and oxygen atoms in total. The van der Waals surface area contributed by atoms with Crippen LogP contribution in [0.25, 0.3) is 0 Å². The summed E-state index contributed by atoms with van der Waals surface area (Å²) >= 11 is 0. The topological polar surface area (TPSA) is 86.8 Å². The van der Waals surface area contributed by atoms with Crippen molar-refractivity contribution >= 4 is 27.5 Å². The molecule has 1 aromatic rings. The summed E-state index contributed by atoms with van der Waals surface area (Å²) in [5, 5.41) is 2.18. The highest BCUT2D eigenvalue weighted by Crippen LogP contribution is 2.34. The van der Waals surface area contributed by atoms with Crippen LogP contribution in [0.2, 0.25) is 0 Å². The Labute approximate surface area is 161 Å². The van der Waals surface area contributed by atoms with Gasteiger partial charge in [-0.05, 0) is 31.9 Å². The lowest BCUT2D eigenvalue weighted by atomic mass is 10.1. The maximum Gasteiger partial charge on any atom is 0.418 e. The van der Waals surface area contributed by atoms with E-state index in [0.29, 0.717) is 12.8 Å². The lowest BCUT2D eigenvalue weighted by Crippen LogP contribution is -2.49. The number of amides is 2. The van der Waals surface area contributed by atoms with Gasteiger partial charge in [-0.2, -0.15) is 17.5 Å². The Morgan fingerprint density at radius 1 is 1.29 bits per heavy atom. The van der Waals surface area contributed by atoms with E-state index in [1.807, 2.05) is 0 Å². The Morgan fingerprint density at radius 2 is 1.93 bits per heavy atom. The average molecular weight is 421 g/mol. The minimum absolute atomic E-state index is 0.112. The molecule has 156 valence electrons. The van der Waals surface area contributed by atoms with Crippen molar-refractivity contribution in [3.63, 3.8) is 0 Å². The smallest absolute Gasteiger partial charge is 0.332 e. The number of rotatable bonds is 6. The zero-order valence-corrected chi connectivity index (χ0v) is 16.3. The van der Waals surface area contributed by atoms with E-state index in [-0.39, 0.29) is 13.1 Å². The Kier molecular flexibility index (Phi) is 6.71. The van der Waals surface area contributed by atoms with Crippen LogP contribution in [0.3, 0.4) is 0 Å². The number of para-hydroxylation sites is 1. The minimum Gasteiger partial charge on any atom is -0.332 e. The van der Waals surface area contributed by atoms with Gasteiger partial charge in [0.2, 0.25) is 21.8 Å². The first-order valence-electron chi connectivity index (χ1n) is 8.66. The zero-order valence-electron chi connectivity index (χ0n) is 15.5. The lowest BCUT2D eigenvalue weighted by molar-refractivity contribution is -0.138. The first-order valence-corrected chi connectivity index (χ1v) is 10.5. The highest BCUT2D eigenvalue weighted by atomic mass is 32.2. The van der Waals surface area contributed by atoms with Gasteiger partial charge in [0, 0.05) is 13.1 Å². The molecule has 11 heteroatoms. The second-order valence-electron chi connectivity index (χ2n) is 6.48. The Bertz CT molecular complexity index is 842. The number of hydrogen-bond donors (Lipinski definition) is 1. The fourth-order valence-corrected chi connectivity index (χ4v) is 4.26. The van der Waals surface area contributed by atoms with Gasteiger partial charge in [0.05, 0.1) is 24.1 Å². The Morgan fingerprint density at radius 3 is 2.50 bits per heavy atom. The van der Waals surface area contributed by atoms with Gasteiger partial charge in [0.1, 0.15) is 6.04 Å². The predicted molar refractivity (Wildman–Crippen MR) is 96.9 cm³/mol. The molecule has 2 amide bonds. The molecule has 1 heterocycles. The van der Waals surface area contributed by atoms with Gasteiger partial charge in [0.25, 0.3) is 0 Å². The first kappa shape index (κ1) is 22.2. The number of nitrogens with one attached hydrogen (secondary N) is 1. The summed E-state index contributed by atoms with van der Waals surface area (Å²) in [5.74, 6) is -1.33. The number of alkyl halides is 3. The van der Waals surface area contributed by atoms with Gasteiger partial charge in [0.15, 0.2) is 0 Å². The third kappa shape index (κ3) is 5.22. The monoisotopic (exact) mass is 421 g/mol. The molecular weight excluding hydrogens is 399 g/mol. The zero-order chi connectivity index (χ0) is 21.1. The van der Waals surface area contributed by atoms with Crippen LogP contribution in [0.4, 0.5) is 18.9 Å². The van der Waals surface area contributed by atoms with Crippen LogP contribution < -0.4 is 5.32 Å². The minimum atomic E-state index is -4.63. The molecule has 0 spiro atoms. The summed E-state index contributed by atoms with van der Waals surface area (Å²) in [6, 6.07) is 3.64. The van der Waals surface area contributed by atoms with E-state index in [1.54, 1.807) is 6.92 Å². The van der Waals surface area contributed by atoms with Crippen LogP contribution in [0, 0.1) is 0 Å². The standard InChI is InChI=1S/C17H22F3N3O4S/c1-3-22(16(25)14-9-6-10-23(14)28(2,26)27)11-15(24)21-13-8-5-4-7-12(13)17(18,19)20/h4-5,7-8,14H,3,6,9-11H2,1-2H3,(H,21,24). The van der Waals surface area contributed by atoms with Gasteiger partial charge in [-0.3, -0.25) is 9.59 Å². The number of sulfonamides is 1. The van der Waals surface area contributed by atoms with Crippen molar-refractivity contribution in [3.8, 4) is 0 Å². The molecule has 0 aromatic heterocycles. The van der Waals surface area contributed by atoms with Crippen LogP contribution in [-0.2, 0) is 25.8 Å². The summed E-state index contributed by atoms with van der Waals surface area (Å²) in [5.41, 5.74) is -1.39. The van der Waals surface area contributed by atoms with Crippen molar-refractivity contribution in [2.24, 2.45) is 0 Å². The summed E-state index contributed by atoms with van der Waals surface area (Å²) in [4.78, 5) is 26.1. The van der Waals surface area contributed by atoms with E-state index in [9.17, 15) is 31.2 Å². The van der Waals surface area contributed by atoms with E-state index in [4.69, 9.17) is 0 Å². The SMILES string of the molecule is CCN(CC(=O)Nc1ccccc1C(F)(F)F)C(=O)C1CCCN1S(C)(=O)=O. The number of halogens is 3. The molecule has 28 heavy (non-hydrogen) atoms.